The van der Waals surface area contributed by atoms with Crippen LogP contribution in [0.2, 0.25) is 0 Å². The van der Waals surface area contributed by atoms with Crippen LogP contribution in [0, 0.1) is 11.8 Å². The van der Waals surface area contributed by atoms with E-state index >= 15 is 0 Å². The number of rotatable bonds is 2. The highest BCUT2D eigenvalue weighted by Gasteiger charge is 2.61. The van der Waals surface area contributed by atoms with Crippen molar-refractivity contribution in [1.29, 1.82) is 0 Å². The highest BCUT2D eigenvalue weighted by atomic mass is 16.5. The molecule has 1 aromatic carbocycles. The molecule has 106 valence electrons. The lowest BCUT2D eigenvalue weighted by Gasteiger charge is -2.18. The van der Waals surface area contributed by atoms with E-state index in [4.69, 9.17) is 4.74 Å². The molecule has 0 saturated carbocycles. The number of fused-ring (bicyclic) bond motifs is 5. The van der Waals surface area contributed by atoms with Crippen LogP contribution in [-0.4, -0.2) is 34.9 Å². The number of hydrogen-bond donors (Lipinski definition) is 1. The van der Waals surface area contributed by atoms with E-state index in [0.717, 1.165) is 5.01 Å². The average Bonchev–Trinajstić information content (AvgIpc) is 3.18. The standard InChI is InChI=1S/C15H12N2O4/c18-13(8-4-2-1-3-5-8)16-17-14(19)11-9-6-7-10(21-9)12(11)15(17)20/h1-7,9-12H,(H,16,18)/t9-,10+,11-,12-/m0/s1. The van der Waals surface area contributed by atoms with Gasteiger partial charge in [-0.3, -0.25) is 19.8 Å². The van der Waals surface area contributed by atoms with Crippen molar-refractivity contribution in [1.82, 2.24) is 10.4 Å². The summed E-state index contributed by atoms with van der Waals surface area (Å²) in [5, 5.41) is 0.847. The number of amides is 3. The molecule has 0 unspecified atom stereocenters. The molecule has 6 nitrogen and oxygen atoms in total. The van der Waals surface area contributed by atoms with Crippen LogP contribution in [0.25, 0.3) is 0 Å². The summed E-state index contributed by atoms with van der Waals surface area (Å²) in [6.07, 6.45) is 2.91. The third-order valence-corrected chi connectivity index (χ3v) is 4.16. The lowest BCUT2D eigenvalue weighted by Crippen LogP contribution is -2.47. The van der Waals surface area contributed by atoms with Crippen LogP contribution in [0.3, 0.4) is 0 Å². The van der Waals surface area contributed by atoms with Crippen molar-refractivity contribution in [2.45, 2.75) is 12.2 Å². The zero-order valence-electron chi connectivity index (χ0n) is 10.9. The molecule has 0 radical (unpaired) electrons. The van der Waals surface area contributed by atoms with E-state index in [1.807, 2.05) is 0 Å². The van der Waals surface area contributed by atoms with Gasteiger partial charge in [0, 0.05) is 5.56 Å². The van der Waals surface area contributed by atoms with Gasteiger partial charge in [0.1, 0.15) is 0 Å². The molecule has 21 heavy (non-hydrogen) atoms. The smallest absolute Gasteiger partial charge is 0.270 e. The minimum atomic E-state index is -0.511. The van der Waals surface area contributed by atoms with Crippen LogP contribution in [0.15, 0.2) is 42.5 Å². The van der Waals surface area contributed by atoms with Gasteiger partial charge >= 0.3 is 0 Å². The third kappa shape index (κ3) is 1.66. The highest BCUT2D eigenvalue weighted by molar-refractivity contribution is 6.09. The molecule has 3 aliphatic heterocycles. The van der Waals surface area contributed by atoms with Gasteiger partial charge in [-0.15, -0.1) is 0 Å². The fourth-order valence-electron chi connectivity index (χ4n) is 3.17. The van der Waals surface area contributed by atoms with Crippen molar-refractivity contribution in [3.63, 3.8) is 0 Å². The first kappa shape index (κ1) is 12.3. The zero-order valence-corrected chi connectivity index (χ0v) is 10.9. The lowest BCUT2D eigenvalue weighted by molar-refractivity contribution is -0.145. The summed E-state index contributed by atoms with van der Waals surface area (Å²) in [6, 6.07) is 8.46. The molecule has 2 fully saturated rings. The Bertz CT molecular complexity index is 640. The second kappa shape index (κ2) is 4.26. The van der Waals surface area contributed by atoms with Gasteiger partial charge in [0.2, 0.25) is 0 Å². The van der Waals surface area contributed by atoms with Crippen LogP contribution in [-0.2, 0) is 14.3 Å². The summed E-state index contributed by atoms with van der Waals surface area (Å²) in [4.78, 5) is 36.7. The van der Waals surface area contributed by atoms with Gasteiger partial charge in [0.25, 0.3) is 17.7 Å². The number of nitrogens with one attached hydrogen (secondary N) is 1. The fraction of sp³-hybridized carbons (Fsp3) is 0.267. The highest BCUT2D eigenvalue weighted by Crippen LogP contribution is 2.44. The van der Waals surface area contributed by atoms with Crippen molar-refractivity contribution in [2.24, 2.45) is 11.8 Å². The van der Waals surface area contributed by atoms with Gasteiger partial charge < -0.3 is 4.74 Å². The molecule has 1 aromatic rings. The molecule has 0 aromatic heterocycles. The molecule has 0 aliphatic carbocycles. The molecule has 4 rings (SSSR count). The van der Waals surface area contributed by atoms with Gasteiger partial charge in [-0.2, -0.15) is 5.01 Å². The zero-order chi connectivity index (χ0) is 14.6. The van der Waals surface area contributed by atoms with Crippen LogP contribution < -0.4 is 5.43 Å². The second-order valence-corrected chi connectivity index (χ2v) is 5.32. The number of carbonyl (C=O) groups excluding carboxylic acids is 3. The molecule has 3 aliphatic rings. The Labute approximate surface area is 120 Å². The number of nitrogens with zero attached hydrogens (tertiary/aromatic N) is 1. The first-order chi connectivity index (χ1) is 10.2. The first-order valence-electron chi connectivity index (χ1n) is 6.74. The Morgan fingerprint density at radius 2 is 1.57 bits per heavy atom. The third-order valence-electron chi connectivity index (χ3n) is 4.16. The summed E-state index contributed by atoms with van der Waals surface area (Å²) in [6.45, 7) is 0. The molecular weight excluding hydrogens is 272 g/mol. The molecule has 2 bridgehead atoms. The quantitative estimate of drug-likeness (QED) is 0.625. The number of hydrogen-bond acceptors (Lipinski definition) is 4. The molecule has 3 amide bonds. The van der Waals surface area contributed by atoms with Crippen LogP contribution >= 0.6 is 0 Å². The summed E-state index contributed by atoms with van der Waals surface area (Å²) < 4.78 is 5.53. The molecule has 0 spiro atoms. The maximum atomic E-state index is 12.3. The van der Waals surface area contributed by atoms with Gasteiger partial charge in [-0.25, -0.2) is 0 Å². The molecule has 6 heteroatoms. The van der Waals surface area contributed by atoms with Crippen molar-refractivity contribution >= 4 is 17.7 Å². The molecular formula is C15H12N2O4. The van der Waals surface area contributed by atoms with E-state index in [9.17, 15) is 14.4 Å². The predicted molar refractivity (Wildman–Crippen MR) is 70.5 cm³/mol. The van der Waals surface area contributed by atoms with Crippen LogP contribution in [0.4, 0.5) is 0 Å². The van der Waals surface area contributed by atoms with E-state index in [2.05, 4.69) is 5.43 Å². The maximum absolute atomic E-state index is 12.3. The van der Waals surface area contributed by atoms with Crippen molar-refractivity contribution < 1.29 is 19.1 Å². The number of benzene rings is 1. The first-order valence-corrected chi connectivity index (χ1v) is 6.74. The van der Waals surface area contributed by atoms with Crippen molar-refractivity contribution in [3.05, 3.63) is 48.0 Å². The summed E-state index contributed by atoms with van der Waals surface area (Å²) >= 11 is 0. The maximum Gasteiger partial charge on any atom is 0.270 e. The Morgan fingerprint density at radius 1 is 1.00 bits per heavy atom. The molecule has 3 heterocycles. The molecule has 1 N–H and O–H groups in total. The minimum absolute atomic E-state index is 0.352. The van der Waals surface area contributed by atoms with E-state index in [1.165, 1.54) is 0 Å². The van der Waals surface area contributed by atoms with Crippen LogP contribution in [0.1, 0.15) is 10.4 Å². The van der Waals surface area contributed by atoms with Crippen molar-refractivity contribution in [2.75, 3.05) is 0 Å². The number of hydrazine groups is 1. The summed E-state index contributed by atoms with van der Waals surface area (Å²) in [5.74, 6) is -2.29. The van der Waals surface area contributed by atoms with Gasteiger partial charge in [0.15, 0.2) is 0 Å². The lowest BCUT2D eigenvalue weighted by atomic mass is 9.85. The van der Waals surface area contributed by atoms with Gasteiger partial charge in [0.05, 0.1) is 24.0 Å². The largest absolute Gasteiger partial charge is 0.365 e. The minimum Gasteiger partial charge on any atom is -0.365 e. The summed E-state index contributed by atoms with van der Waals surface area (Å²) in [7, 11) is 0. The number of imide groups is 1. The summed E-state index contributed by atoms with van der Waals surface area (Å²) in [5.41, 5.74) is 2.80. The topological polar surface area (TPSA) is 75.7 Å². The molecule has 2 saturated heterocycles. The normalized spacial score (nSPS) is 32.7. The fourth-order valence-corrected chi connectivity index (χ4v) is 3.17. The van der Waals surface area contributed by atoms with Gasteiger partial charge in [-0.05, 0) is 12.1 Å². The Kier molecular flexibility index (Phi) is 2.49. The van der Waals surface area contributed by atoms with Crippen LogP contribution in [0.5, 0.6) is 0 Å². The van der Waals surface area contributed by atoms with E-state index in [-0.39, 0.29) is 12.2 Å². The number of carbonyl (C=O) groups is 3. The van der Waals surface area contributed by atoms with E-state index in [1.54, 1.807) is 42.5 Å². The number of ether oxygens (including phenoxy) is 1. The van der Waals surface area contributed by atoms with Crippen molar-refractivity contribution in [3.8, 4) is 0 Å². The predicted octanol–water partition coefficient (Wildman–Crippen LogP) is 0.270. The Morgan fingerprint density at radius 3 is 2.14 bits per heavy atom. The molecule has 4 atom stereocenters. The Hall–Kier alpha value is -2.47. The van der Waals surface area contributed by atoms with Gasteiger partial charge in [-0.1, -0.05) is 30.4 Å². The monoisotopic (exact) mass is 284 g/mol. The Balaban J connectivity index is 1.56. The SMILES string of the molecule is O=C(NN1C(=O)[C@@H]2[C@@H](C1=O)[C@H]1C=C[C@@H]2O1)c1ccccc1. The second-order valence-electron chi connectivity index (χ2n) is 5.32. The van der Waals surface area contributed by atoms with E-state index in [0.29, 0.717) is 5.56 Å². The van der Waals surface area contributed by atoms with E-state index < -0.39 is 29.6 Å². The average molecular weight is 284 g/mol.